The van der Waals surface area contributed by atoms with Crippen molar-refractivity contribution >= 4 is 22.5 Å². The van der Waals surface area contributed by atoms with Crippen molar-refractivity contribution in [2.24, 2.45) is 0 Å². The Balaban J connectivity index is 0.000000693. The lowest BCUT2D eigenvalue weighted by molar-refractivity contribution is 0.552. The van der Waals surface area contributed by atoms with Crippen LogP contribution in [0.1, 0.15) is 51.0 Å². The lowest BCUT2D eigenvalue weighted by Gasteiger charge is -2.36. The third-order valence-corrected chi connectivity index (χ3v) is 4.45. The van der Waals surface area contributed by atoms with Gasteiger partial charge in [0.1, 0.15) is 17.5 Å². The largest absolute Gasteiger partial charge is 0.384 e. The molecule has 2 aliphatic heterocycles. The van der Waals surface area contributed by atoms with Gasteiger partial charge in [-0.2, -0.15) is 0 Å². The van der Waals surface area contributed by atoms with Crippen LogP contribution < -0.4 is 10.6 Å². The number of nitrogen functional groups attached to an aromatic ring is 1. The standard InChI is InChI=1S/C15H19N5.C2H6/c1-9-17-12-8-13(16)19-11-7-10-5-3-2-4-6-20(10)15(18-9)14(11)12;1-2/h8,10H,2-7H2,1H3,(H2,16,19);1-2H3. The first kappa shape index (κ1) is 15.0. The number of nitrogens with zero attached hydrogens (tertiary/aromatic N) is 4. The smallest absolute Gasteiger partial charge is 0.142 e. The molecule has 1 fully saturated rings. The van der Waals surface area contributed by atoms with Crippen LogP contribution in [0, 0.1) is 6.92 Å². The molecule has 1 unspecified atom stereocenters. The number of rotatable bonds is 0. The average Bonchev–Trinajstić information content (AvgIpc) is 2.74. The molecule has 0 aliphatic carbocycles. The van der Waals surface area contributed by atoms with Crippen molar-refractivity contribution in [3.63, 3.8) is 0 Å². The van der Waals surface area contributed by atoms with E-state index in [2.05, 4.69) is 14.9 Å². The Bertz CT molecular complexity index is 677. The van der Waals surface area contributed by atoms with E-state index in [1.807, 2.05) is 26.8 Å². The molecule has 4 rings (SSSR count). The van der Waals surface area contributed by atoms with Gasteiger partial charge in [-0.3, -0.25) is 0 Å². The summed E-state index contributed by atoms with van der Waals surface area (Å²) in [6.07, 6.45) is 6.05. The molecule has 0 saturated carbocycles. The molecular formula is C17H25N5. The molecule has 4 heterocycles. The van der Waals surface area contributed by atoms with Gasteiger partial charge >= 0.3 is 0 Å². The highest BCUT2D eigenvalue weighted by Crippen LogP contribution is 2.37. The molecule has 2 aliphatic rings. The van der Waals surface area contributed by atoms with Gasteiger partial charge in [-0.1, -0.05) is 26.7 Å². The maximum Gasteiger partial charge on any atom is 0.142 e. The molecule has 0 spiro atoms. The third-order valence-electron chi connectivity index (χ3n) is 4.45. The maximum atomic E-state index is 5.94. The van der Waals surface area contributed by atoms with Crippen LogP contribution in [-0.4, -0.2) is 27.5 Å². The van der Waals surface area contributed by atoms with Crippen molar-refractivity contribution in [3.05, 3.63) is 17.6 Å². The fourth-order valence-electron chi connectivity index (χ4n) is 3.59. The van der Waals surface area contributed by atoms with Crippen LogP contribution in [0.2, 0.25) is 0 Å². The van der Waals surface area contributed by atoms with E-state index in [0.29, 0.717) is 11.9 Å². The molecule has 2 N–H and O–H groups in total. The number of aromatic nitrogens is 3. The molecule has 5 heteroatoms. The van der Waals surface area contributed by atoms with Crippen LogP contribution in [0.15, 0.2) is 6.07 Å². The minimum absolute atomic E-state index is 0.525. The summed E-state index contributed by atoms with van der Waals surface area (Å²) >= 11 is 0. The number of fused-ring (bicyclic) bond motifs is 2. The first-order valence-corrected chi connectivity index (χ1v) is 8.43. The van der Waals surface area contributed by atoms with Gasteiger partial charge in [0.2, 0.25) is 0 Å². The lowest BCUT2D eigenvalue weighted by atomic mass is 9.97. The first-order chi connectivity index (χ1) is 10.7. The van der Waals surface area contributed by atoms with Gasteiger partial charge < -0.3 is 10.6 Å². The van der Waals surface area contributed by atoms with E-state index in [9.17, 15) is 0 Å². The van der Waals surface area contributed by atoms with E-state index >= 15 is 0 Å². The predicted octanol–water partition coefficient (Wildman–Crippen LogP) is 3.25. The van der Waals surface area contributed by atoms with Gasteiger partial charge in [0, 0.05) is 25.1 Å². The van der Waals surface area contributed by atoms with Crippen LogP contribution in [0.4, 0.5) is 11.6 Å². The summed E-state index contributed by atoms with van der Waals surface area (Å²) in [5, 5.41) is 1.11. The first-order valence-electron chi connectivity index (χ1n) is 8.43. The maximum absolute atomic E-state index is 5.94. The number of nitrogens with two attached hydrogens (primary N) is 1. The van der Waals surface area contributed by atoms with Crippen molar-refractivity contribution < 1.29 is 0 Å². The van der Waals surface area contributed by atoms with E-state index in [1.54, 1.807) is 0 Å². The number of anilines is 2. The molecule has 0 aromatic carbocycles. The van der Waals surface area contributed by atoms with E-state index in [1.165, 1.54) is 25.7 Å². The molecular weight excluding hydrogens is 274 g/mol. The minimum Gasteiger partial charge on any atom is -0.384 e. The topological polar surface area (TPSA) is 67.9 Å². The lowest BCUT2D eigenvalue weighted by Crippen LogP contribution is -2.40. The summed E-state index contributed by atoms with van der Waals surface area (Å²) in [6, 6.07) is 2.40. The van der Waals surface area contributed by atoms with Crippen LogP contribution in [0.5, 0.6) is 0 Å². The third kappa shape index (κ3) is 2.49. The number of hydrogen-bond acceptors (Lipinski definition) is 5. The Hall–Kier alpha value is -1.91. The Kier molecular flexibility index (Phi) is 4.14. The van der Waals surface area contributed by atoms with Crippen LogP contribution in [0.3, 0.4) is 0 Å². The molecule has 2 aromatic rings. The van der Waals surface area contributed by atoms with Crippen molar-refractivity contribution in [1.29, 1.82) is 0 Å². The minimum atomic E-state index is 0.525. The molecule has 118 valence electrons. The molecule has 2 aromatic heterocycles. The predicted molar refractivity (Wildman–Crippen MR) is 91.1 cm³/mol. The van der Waals surface area contributed by atoms with Crippen molar-refractivity contribution in [2.45, 2.75) is 58.9 Å². The zero-order chi connectivity index (χ0) is 15.7. The molecule has 0 amide bonds. The molecule has 1 saturated heterocycles. The molecule has 22 heavy (non-hydrogen) atoms. The average molecular weight is 299 g/mol. The molecule has 1 atom stereocenters. The second-order valence-electron chi connectivity index (χ2n) is 5.88. The zero-order valence-electron chi connectivity index (χ0n) is 13.8. The van der Waals surface area contributed by atoms with Gasteiger partial charge in [-0.15, -0.1) is 0 Å². The number of aryl methyl sites for hydroxylation is 1. The van der Waals surface area contributed by atoms with Gasteiger partial charge in [0.25, 0.3) is 0 Å². The van der Waals surface area contributed by atoms with Gasteiger partial charge in [0.15, 0.2) is 0 Å². The Morgan fingerprint density at radius 2 is 1.95 bits per heavy atom. The SMILES string of the molecule is CC.Cc1nc2c3c(nc(N)cc3n1)CC1CCCCCN21. The van der Waals surface area contributed by atoms with E-state index in [0.717, 1.165) is 41.2 Å². The molecule has 0 radical (unpaired) electrons. The summed E-state index contributed by atoms with van der Waals surface area (Å²) < 4.78 is 0. The van der Waals surface area contributed by atoms with E-state index < -0.39 is 0 Å². The summed E-state index contributed by atoms with van der Waals surface area (Å²) in [4.78, 5) is 16.3. The highest BCUT2D eigenvalue weighted by Gasteiger charge is 2.31. The van der Waals surface area contributed by atoms with Gasteiger partial charge in [-0.25, -0.2) is 15.0 Å². The highest BCUT2D eigenvalue weighted by atomic mass is 15.2. The Labute approximate surface area is 132 Å². The Morgan fingerprint density at radius 1 is 1.14 bits per heavy atom. The molecule has 5 nitrogen and oxygen atoms in total. The fraction of sp³-hybridized carbons (Fsp3) is 0.588. The Morgan fingerprint density at radius 3 is 2.77 bits per heavy atom. The van der Waals surface area contributed by atoms with E-state index in [4.69, 9.17) is 10.7 Å². The summed E-state index contributed by atoms with van der Waals surface area (Å²) in [6.45, 7) is 7.05. The second kappa shape index (κ2) is 6.07. The van der Waals surface area contributed by atoms with E-state index in [-0.39, 0.29) is 0 Å². The molecule has 0 bridgehead atoms. The fourth-order valence-corrected chi connectivity index (χ4v) is 3.59. The number of pyridine rings is 1. The van der Waals surface area contributed by atoms with Crippen molar-refractivity contribution in [3.8, 4) is 0 Å². The summed E-state index contributed by atoms with van der Waals surface area (Å²) in [7, 11) is 0. The normalized spacial score (nSPS) is 20.0. The van der Waals surface area contributed by atoms with Crippen molar-refractivity contribution in [1.82, 2.24) is 15.0 Å². The highest BCUT2D eigenvalue weighted by molar-refractivity contribution is 5.94. The quantitative estimate of drug-likeness (QED) is 0.808. The van der Waals surface area contributed by atoms with Crippen LogP contribution in [0.25, 0.3) is 10.9 Å². The van der Waals surface area contributed by atoms with Gasteiger partial charge in [0.05, 0.1) is 16.6 Å². The monoisotopic (exact) mass is 299 g/mol. The van der Waals surface area contributed by atoms with Gasteiger partial charge in [-0.05, 0) is 19.8 Å². The van der Waals surface area contributed by atoms with Crippen molar-refractivity contribution in [2.75, 3.05) is 17.2 Å². The second-order valence-corrected chi connectivity index (χ2v) is 5.88. The van der Waals surface area contributed by atoms with Crippen LogP contribution >= 0.6 is 0 Å². The summed E-state index contributed by atoms with van der Waals surface area (Å²) in [5.41, 5.74) is 7.96. The number of hydrogen-bond donors (Lipinski definition) is 1. The zero-order valence-corrected chi connectivity index (χ0v) is 13.8. The van der Waals surface area contributed by atoms with Crippen LogP contribution in [-0.2, 0) is 6.42 Å². The summed E-state index contributed by atoms with van der Waals surface area (Å²) in [5.74, 6) is 2.46.